The summed E-state index contributed by atoms with van der Waals surface area (Å²) in [6, 6.07) is 10.3. The number of anilines is 1. The number of nitrogens with zero attached hydrogens (tertiary/aromatic N) is 1. The molecule has 26 heavy (non-hydrogen) atoms. The fraction of sp³-hybridized carbons (Fsp3) is 0.235. The number of likely N-dealkylation sites (N-methyl/N-ethyl adjacent to an activating group) is 1. The molecule has 0 aliphatic carbocycles. The Balaban J connectivity index is 2.09. The van der Waals surface area contributed by atoms with Gasteiger partial charge in [-0.05, 0) is 42.5 Å². The molecule has 0 unspecified atom stereocenters. The number of nitrogens with one attached hydrogen (secondary N) is 1. The van der Waals surface area contributed by atoms with Gasteiger partial charge in [-0.25, -0.2) is 8.42 Å². The molecule has 0 atom stereocenters. The highest BCUT2D eigenvalue weighted by molar-refractivity contribution is 7.92. The average Bonchev–Trinajstić information content (AvgIpc) is 2.59. The van der Waals surface area contributed by atoms with Gasteiger partial charge in [-0.3, -0.25) is 9.52 Å². The number of carbonyl (C=O) groups excluding carboxylic acids is 1. The van der Waals surface area contributed by atoms with Gasteiger partial charge in [-0.1, -0.05) is 11.6 Å². The molecule has 2 aromatic carbocycles. The van der Waals surface area contributed by atoms with Crippen LogP contribution in [0.3, 0.4) is 0 Å². The van der Waals surface area contributed by atoms with E-state index in [4.69, 9.17) is 21.1 Å². The number of hydrogen-bond acceptors (Lipinski definition) is 5. The SMILES string of the molecule is COc1ccc(NS(=O)(=O)c2ccc(OCC(=O)N(C)C)cc2)cc1Cl. The van der Waals surface area contributed by atoms with Crippen LogP contribution in [0.5, 0.6) is 11.5 Å². The van der Waals surface area contributed by atoms with Crippen molar-refractivity contribution in [2.45, 2.75) is 4.90 Å². The minimum absolute atomic E-state index is 0.0516. The number of sulfonamides is 1. The van der Waals surface area contributed by atoms with Crippen molar-refractivity contribution in [3.63, 3.8) is 0 Å². The van der Waals surface area contributed by atoms with Gasteiger partial charge < -0.3 is 14.4 Å². The molecule has 0 saturated heterocycles. The normalized spacial score (nSPS) is 10.9. The molecule has 1 amide bonds. The highest BCUT2D eigenvalue weighted by Crippen LogP contribution is 2.28. The van der Waals surface area contributed by atoms with Gasteiger partial charge in [0.1, 0.15) is 11.5 Å². The van der Waals surface area contributed by atoms with E-state index in [1.807, 2.05) is 0 Å². The number of hydrogen-bond donors (Lipinski definition) is 1. The fourth-order valence-corrected chi connectivity index (χ4v) is 3.24. The third-order valence-corrected chi connectivity index (χ3v) is 5.09. The first-order chi connectivity index (χ1) is 12.2. The van der Waals surface area contributed by atoms with Crippen LogP contribution in [-0.2, 0) is 14.8 Å². The Labute approximate surface area is 157 Å². The van der Waals surface area contributed by atoms with Crippen molar-refractivity contribution in [3.05, 3.63) is 47.5 Å². The summed E-state index contributed by atoms with van der Waals surface area (Å²) in [5.74, 6) is 0.648. The Bertz CT molecular complexity index is 883. The molecule has 0 heterocycles. The van der Waals surface area contributed by atoms with Crippen LogP contribution in [0.15, 0.2) is 47.4 Å². The lowest BCUT2D eigenvalue weighted by Gasteiger charge is -2.12. The summed E-state index contributed by atoms with van der Waals surface area (Å²) in [7, 11) is 0.929. The molecule has 7 nitrogen and oxygen atoms in total. The second-order valence-corrected chi connectivity index (χ2v) is 7.59. The molecule has 0 saturated carbocycles. The van der Waals surface area contributed by atoms with Gasteiger partial charge in [-0.15, -0.1) is 0 Å². The highest BCUT2D eigenvalue weighted by atomic mass is 35.5. The average molecular weight is 399 g/mol. The van der Waals surface area contributed by atoms with E-state index in [0.29, 0.717) is 22.2 Å². The Morgan fingerprint density at radius 2 is 1.81 bits per heavy atom. The maximum Gasteiger partial charge on any atom is 0.261 e. The van der Waals surface area contributed by atoms with Crippen molar-refractivity contribution in [2.75, 3.05) is 32.5 Å². The molecular weight excluding hydrogens is 380 g/mol. The third-order valence-electron chi connectivity index (χ3n) is 3.40. The molecule has 0 aliphatic heterocycles. The van der Waals surface area contributed by atoms with Gasteiger partial charge in [0.2, 0.25) is 0 Å². The van der Waals surface area contributed by atoms with Gasteiger partial charge in [-0.2, -0.15) is 0 Å². The fourth-order valence-electron chi connectivity index (χ4n) is 1.93. The number of carbonyl (C=O) groups is 1. The van der Waals surface area contributed by atoms with Crippen LogP contribution in [0.25, 0.3) is 0 Å². The number of amides is 1. The predicted molar refractivity (Wildman–Crippen MR) is 99.4 cm³/mol. The summed E-state index contributed by atoms with van der Waals surface area (Å²) in [6.07, 6.45) is 0. The number of halogens is 1. The van der Waals surface area contributed by atoms with Crippen molar-refractivity contribution in [1.82, 2.24) is 4.90 Å². The lowest BCUT2D eigenvalue weighted by Crippen LogP contribution is -2.27. The van der Waals surface area contributed by atoms with Gasteiger partial charge in [0.25, 0.3) is 15.9 Å². The zero-order chi connectivity index (χ0) is 19.3. The first kappa shape index (κ1) is 19.9. The standard InChI is InChI=1S/C17H19ClN2O5S/c1-20(2)17(21)11-25-13-5-7-14(8-6-13)26(22,23)19-12-4-9-16(24-3)15(18)10-12/h4-10,19H,11H2,1-3H3. The van der Waals surface area contributed by atoms with E-state index in [9.17, 15) is 13.2 Å². The van der Waals surface area contributed by atoms with E-state index < -0.39 is 10.0 Å². The Morgan fingerprint density at radius 1 is 1.15 bits per heavy atom. The second-order valence-electron chi connectivity index (χ2n) is 5.50. The zero-order valence-electron chi connectivity index (χ0n) is 14.5. The number of methoxy groups -OCH3 is 1. The molecule has 9 heteroatoms. The Morgan fingerprint density at radius 3 is 2.35 bits per heavy atom. The molecule has 0 fully saturated rings. The summed E-state index contributed by atoms with van der Waals surface area (Å²) in [6.45, 7) is -0.123. The first-order valence-electron chi connectivity index (χ1n) is 7.52. The molecule has 2 aromatic rings. The van der Waals surface area contributed by atoms with Crippen LogP contribution in [0.4, 0.5) is 5.69 Å². The van der Waals surface area contributed by atoms with Crippen molar-refractivity contribution < 1.29 is 22.7 Å². The number of ether oxygens (including phenoxy) is 2. The quantitative estimate of drug-likeness (QED) is 0.774. The minimum Gasteiger partial charge on any atom is -0.495 e. The second kappa shape index (κ2) is 8.29. The van der Waals surface area contributed by atoms with E-state index in [1.54, 1.807) is 26.2 Å². The molecule has 0 spiro atoms. The summed E-state index contributed by atoms with van der Waals surface area (Å²) in [5, 5.41) is 0.294. The molecule has 2 rings (SSSR count). The van der Waals surface area contributed by atoms with Crippen LogP contribution in [-0.4, -0.2) is 47.0 Å². The first-order valence-corrected chi connectivity index (χ1v) is 9.38. The lowest BCUT2D eigenvalue weighted by molar-refractivity contribution is -0.130. The summed E-state index contributed by atoms with van der Waals surface area (Å²) in [5.41, 5.74) is 0.313. The maximum atomic E-state index is 12.4. The minimum atomic E-state index is -3.79. The smallest absolute Gasteiger partial charge is 0.261 e. The van der Waals surface area contributed by atoms with Gasteiger partial charge in [0.05, 0.1) is 22.7 Å². The van der Waals surface area contributed by atoms with E-state index >= 15 is 0 Å². The van der Waals surface area contributed by atoms with Crippen LogP contribution in [0.1, 0.15) is 0 Å². The summed E-state index contributed by atoms with van der Waals surface area (Å²) < 4.78 is 37.7. The predicted octanol–water partition coefficient (Wildman–Crippen LogP) is 2.62. The molecule has 0 aliphatic rings. The molecule has 140 valence electrons. The Kier molecular flexibility index (Phi) is 6.33. The molecule has 1 N–H and O–H groups in total. The maximum absolute atomic E-state index is 12.4. The highest BCUT2D eigenvalue weighted by Gasteiger charge is 2.15. The van der Waals surface area contributed by atoms with E-state index in [0.717, 1.165) is 0 Å². The van der Waals surface area contributed by atoms with E-state index in [2.05, 4.69) is 4.72 Å². The molecule has 0 radical (unpaired) electrons. The van der Waals surface area contributed by atoms with Gasteiger partial charge in [0.15, 0.2) is 6.61 Å². The van der Waals surface area contributed by atoms with Gasteiger partial charge in [0, 0.05) is 14.1 Å². The van der Waals surface area contributed by atoms with Crippen molar-refractivity contribution in [1.29, 1.82) is 0 Å². The van der Waals surface area contributed by atoms with Crippen LogP contribution in [0.2, 0.25) is 5.02 Å². The van der Waals surface area contributed by atoms with Crippen LogP contribution < -0.4 is 14.2 Å². The van der Waals surface area contributed by atoms with Crippen molar-refractivity contribution >= 4 is 33.2 Å². The topological polar surface area (TPSA) is 84.9 Å². The van der Waals surface area contributed by atoms with Gasteiger partial charge >= 0.3 is 0 Å². The van der Waals surface area contributed by atoms with Crippen molar-refractivity contribution in [3.8, 4) is 11.5 Å². The number of benzene rings is 2. The lowest BCUT2D eigenvalue weighted by atomic mass is 10.3. The Hall–Kier alpha value is -2.45. The molecule has 0 bridgehead atoms. The monoisotopic (exact) mass is 398 g/mol. The van der Waals surface area contributed by atoms with E-state index in [1.165, 1.54) is 42.3 Å². The summed E-state index contributed by atoms with van der Waals surface area (Å²) >= 11 is 6.00. The van der Waals surface area contributed by atoms with E-state index in [-0.39, 0.29) is 17.4 Å². The number of rotatable bonds is 7. The molecule has 0 aromatic heterocycles. The van der Waals surface area contributed by atoms with Crippen LogP contribution >= 0.6 is 11.6 Å². The molecular formula is C17H19ClN2O5S. The summed E-state index contributed by atoms with van der Waals surface area (Å²) in [4.78, 5) is 13.0. The largest absolute Gasteiger partial charge is 0.495 e. The van der Waals surface area contributed by atoms with Crippen LogP contribution in [0, 0.1) is 0 Å². The van der Waals surface area contributed by atoms with Crippen molar-refractivity contribution in [2.24, 2.45) is 0 Å². The third kappa shape index (κ3) is 5.03. The zero-order valence-corrected chi connectivity index (χ0v) is 16.1.